The van der Waals surface area contributed by atoms with Crippen molar-refractivity contribution < 1.29 is 18.3 Å². The summed E-state index contributed by atoms with van der Waals surface area (Å²) in [5.41, 5.74) is 1.32. The predicted octanol–water partition coefficient (Wildman–Crippen LogP) is 3.45. The maximum Gasteiger partial charge on any atom is 0.159 e. The van der Waals surface area contributed by atoms with Crippen LogP contribution in [0.4, 0.5) is 8.78 Å². The summed E-state index contributed by atoms with van der Waals surface area (Å²) in [6.45, 7) is 0. The zero-order valence-corrected chi connectivity index (χ0v) is 9.61. The Kier molecular flexibility index (Phi) is 3.37. The van der Waals surface area contributed by atoms with Crippen LogP contribution in [0.25, 0.3) is 11.1 Å². The van der Waals surface area contributed by atoms with E-state index in [9.17, 15) is 13.6 Å². The first-order valence-electron chi connectivity index (χ1n) is 5.24. The van der Waals surface area contributed by atoms with E-state index in [1.807, 2.05) is 0 Å². The molecule has 0 N–H and O–H groups in total. The Labute approximate surface area is 103 Å². The highest BCUT2D eigenvalue weighted by atomic mass is 19.2. The third-order valence-electron chi connectivity index (χ3n) is 2.62. The fraction of sp³-hybridized carbons (Fsp3) is 0.0714. The summed E-state index contributed by atoms with van der Waals surface area (Å²) >= 11 is 0. The van der Waals surface area contributed by atoms with Crippen LogP contribution in [0.5, 0.6) is 5.75 Å². The Morgan fingerprint density at radius 1 is 1.06 bits per heavy atom. The molecular weight excluding hydrogens is 238 g/mol. The van der Waals surface area contributed by atoms with Crippen molar-refractivity contribution in [2.45, 2.75) is 0 Å². The summed E-state index contributed by atoms with van der Waals surface area (Å²) in [5, 5.41) is 0. The molecule has 0 atom stereocenters. The van der Waals surface area contributed by atoms with E-state index in [1.165, 1.54) is 13.2 Å². The van der Waals surface area contributed by atoms with E-state index in [1.54, 1.807) is 18.2 Å². The van der Waals surface area contributed by atoms with Crippen LogP contribution >= 0.6 is 0 Å². The number of ether oxygens (including phenoxy) is 1. The predicted molar refractivity (Wildman–Crippen MR) is 63.7 cm³/mol. The van der Waals surface area contributed by atoms with Gasteiger partial charge in [0.15, 0.2) is 17.9 Å². The summed E-state index contributed by atoms with van der Waals surface area (Å²) in [5.74, 6) is -1.33. The molecule has 0 fully saturated rings. The van der Waals surface area contributed by atoms with Crippen molar-refractivity contribution in [3.05, 3.63) is 53.6 Å². The van der Waals surface area contributed by atoms with Crippen molar-refractivity contribution in [3.63, 3.8) is 0 Å². The van der Waals surface area contributed by atoms with Gasteiger partial charge in [-0.1, -0.05) is 6.07 Å². The molecule has 0 aliphatic carbocycles. The lowest BCUT2D eigenvalue weighted by atomic mass is 10.00. The van der Waals surface area contributed by atoms with Gasteiger partial charge in [-0.15, -0.1) is 0 Å². The van der Waals surface area contributed by atoms with E-state index in [0.29, 0.717) is 28.7 Å². The molecule has 0 heterocycles. The molecule has 2 aromatic carbocycles. The smallest absolute Gasteiger partial charge is 0.159 e. The zero-order chi connectivity index (χ0) is 13.1. The van der Waals surface area contributed by atoms with Gasteiger partial charge >= 0.3 is 0 Å². The molecule has 2 rings (SSSR count). The normalized spacial score (nSPS) is 10.2. The largest absolute Gasteiger partial charge is 0.497 e. The number of carbonyl (C=O) groups is 1. The van der Waals surface area contributed by atoms with Gasteiger partial charge in [0.25, 0.3) is 0 Å². The van der Waals surface area contributed by atoms with Crippen LogP contribution in [0.1, 0.15) is 10.4 Å². The average Bonchev–Trinajstić information content (AvgIpc) is 2.41. The van der Waals surface area contributed by atoms with Crippen molar-refractivity contribution in [3.8, 4) is 16.9 Å². The standard InChI is InChI=1S/C14H10F2O2/c1-18-11-4-2-10(8-17)12(7-11)9-3-5-13(15)14(16)6-9/h2-8H,1H3. The molecule has 0 aliphatic rings. The lowest BCUT2D eigenvalue weighted by Gasteiger charge is -2.08. The lowest BCUT2D eigenvalue weighted by molar-refractivity contribution is 0.112. The van der Waals surface area contributed by atoms with Gasteiger partial charge in [-0.05, 0) is 41.5 Å². The van der Waals surface area contributed by atoms with Gasteiger partial charge in [0.1, 0.15) is 5.75 Å². The van der Waals surface area contributed by atoms with Crippen molar-refractivity contribution in [2.24, 2.45) is 0 Å². The van der Waals surface area contributed by atoms with Gasteiger partial charge in [-0.3, -0.25) is 4.79 Å². The molecule has 18 heavy (non-hydrogen) atoms. The van der Waals surface area contributed by atoms with Crippen molar-refractivity contribution in [1.29, 1.82) is 0 Å². The van der Waals surface area contributed by atoms with E-state index in [0.717, 1.165) is 12.1 Å². The first kappa shape index (κ1) is 12.2. The second kappa shape index (κ2) is 4.96. The van der Waals surface area contributed by atoms with Gasteiger partial charge < -0.3 is 4.74 Å². The Morgan fingerprint density at radius 2 is 1.83 bits per heavy atom. The Hall–Kier alpha value is -2.23. The Balaban J connectivity index is 2.60. The number of methoxy groups -OCH3 is 1. The van der Waals surface area contributed by atoms with E-state index in [2.05, 4.69) is 0 Å². The monoisotopic (exact) mass is 248 g/mol. The first-order valence-corrected chi connectivity index (χ1v) is 5.24. The SMILES string of the molecule is COc1ccc(C=O)c(-c2ccc(F)c(F)c2)c1. The number of aldehydes is 1. The molecule has 4 heteroatoms. The fourth-order valence-electron chi connectivity index (χ4n) is 1.68. The van der Waals surface area contributed by atoms with Gasteiger partial charge in [-0.2, -0.15) is 0 Å². The van der Waals surface area contributed by atoms with Crippen LogP contribution in [0, 0.1) is 11.6 Å². The van der Waals surface area contributed by atoms with Crippen LogP contribution in [0.3, 0.4) is 0 Å². The summed E-state index contributed by atoms with van der Waals surface area (Å²) in [6, 6.07) is 8.31. The highest BCUT2D eigenvalue weighted by Crippen LogP contribution is 2.28. The van der Waals surface area contributed by atoms with E-state index in [4.69, 9.17) is 4.74 Å². The third-order valence-corrected chi connectivity index (χ3v) is 2.62. The van der Waals surface area contributed by atoms with E-state index in [-0.39, 0.29) is 0 Å². The Morgan fingerprint density at radius 3 is 2.44 bits per heavy atom. The third kappa shape index (κ3) is 2.22. The van der Waals surface area contributed by atoms with Crippen molar-refractivity contribution in [1.82, 2.24) is 0 Å². The zero-order valence-electron chi connectivity index (χ0n) is 9.61. The molecule has 0 spiro atoms. The molecule has 2 aromatic rings. The highest BCUT2D eigenvalue weighted by Gasteiger charge is 2.09. The number of hydrogen-bond donors (Lipinski definition) is 0. The molecule has 0 aliphatic heterocycles. The summed E-state index contributed by atoms with van der Waals surface area (Å²) in [7, 11) is 1.49. The van der Waals surface area contributed by atoms with Crippen LogP contribution < -0.4 is 4.74 Å². The van der Waals surface area contributed by atoms with Gasteiger partial charge in [0.05, 0.1) is 7.11 Å². The lowest BCUT2D eigenvalue weighted by Crippen LogP contribution is -1.92. The second-order valence-corrected chi connectivity index (χ2v) is 3.70. The second-order valence-electron chi connectivity index (χ2n) is 3.70. The van der Waals surface area contributed by atoms with Crippen LogP contribution in [-0.4, -0.2) is 13.4 Å². The summed E-state index contributed by atoms with van der Waals surface area (Å²) in [4.78, 5) is 10.9. The van der Waals surface area contributed by atoms with E-state index >= 15 is 0 Å². The number of halogens is 2. The molecule has 0 amide bonds. The van der Waals surface area contributed by atoms with Gasteiger partial charge in [0.2, 0.25) is 0 Å². The van der Waals surface area contributed by atoms with Crippen LogP contribution in [-0.2, 0) is 0 Å². The molecule has 0 saturated carbocycles. The minimum Gasteiger partial charge on any atom is -0.497 e. The highest BCUT2D eigenvalue weighted by molar-refractivity contribution is 5.88. The number of rotatable bonds is 3. The van der Waals surface area contributed by atoms with Crippen LogP contribution in [0.15, 0.2) is 36.4 Å². The first-order chi connectivity index (χ1) is 8.65. The maximum atomic E-state index is 13.2. The van der Waals surface area contributed by atoms with E-state index < -0.39 is 11.6 Å². The average molecular weight is 248 g/mol. The molecule has 0 aromatic heterocycles. The molecule has 0 unspecified atom stereocenters. The molecule has 0 radical (unpaired) electrons. The van der Waals surface area contributed by atoms with Crippen molar-refractivity contribution >= 4 is 6.29 Å². The minimum absolute atomic E-state index is 0.391. The molecule has 0 saturated heterocycles. The van der Waals surface area contributed by atoms with Crippen molar-refractivity contribution in [2.75, 3.05) is 7.11 Å². The minimum atomic E-state index is -0.952. The molecule has 2 nitrogen and oxygen atoms in total. The summed E-state index contributed by atoms with van der Waals surface area (Å²) < 4.78 is 31.1. The molecule has 92 valence electrons. The quantitative estimate of drug-likeness (QED) is 0.777. The molecular formula is C14H10F2O2. The fourth-order valence-corrected chi connectivity index (χ4v) is 1.68. The maximum absolute atomic E-state index is 13.2. The van der Waals surface area contributed by atoms with Crippen LogP contribution in [0.2, 0.25) is 0 Å². The number of benzene rings is 2. The van der Waals surface area contributed by atoms with Gasteiger partial charge in [-0.25, -0.2) is 8.78 Å². The van der Waals surface area contributed by atoms with Gasteiger partial charge in [0, 0.05) is 5.56 Å². The topological polar surface area (TPSA) is 26.3 Å². The summed E-state index contributed by atoms with van der Waals surface area (Å²) in [6.07, 6.45) is 0.663. The number of hydrogen-bond acceptors (Lipinski definition) is 2. The molecule has 0 bridgehead atoms. The number of carbonyl (C=O) groups excluding carboxylic acids is 1. The Bertz CT molecular complexity index is 594.